The molecule has 2 heteroatoms. The van der Waals surface area contributed by atoms with Crippen LogP contribution in [-0.2, 0) is 4.79 Å². The Balaban J connectivity index is 2.15. The molecule has 1 aromatic rings. The Morgan fingerprint density at radius 2 is 1.67 bits per heavy atom. The predicted octanol–water partition coefficient (Wildman–Crippen LogP) is 2.34. The molecule has 1 fully saturated rings. The van der Waals surface area contributed by atoms with Gasteiger partial charge in [0.2, 0.25) is 0 Å². The fraction of sp³-hybridized carbons (Fsp3) is 0.385. The topological polar surface area (TPSA) is 34.1 Å². The zero-order valence-electron chi connectivity index (χ0n) is 8.94. The van der Waals surface area contributed by atoms with Gasteiger partial charge in [-0.1, -0.05) is 37.3 Å². The molecule has 2 nitrogen and oxygen atoms in total. The van der Waals surface area contributed by atoms with Gasteiger partial charge in [0.05, 0.1) is 0 Å². The fourth-order valence-electron chi connectivity index (χ4n) is 2.28. The van der Waals surface area contributed by atoms with Crippen molar-refractivity contribution in [1.29, 1.82) is 0 Å². The van der Waals surface area contributed by atoms with E-state index in [-0.39, 0.29) is 29.3 Å². The van der Waals surface area contributed by atoms with E-state index in [1.807, 2.05) is 37.3 Å². The van der Waals surface area contributed by atoms with Crippen molar-refractivity contribution in [1.82, 2.24) is 0 Å². The van der Waals surface area contributed by atoms with Crippen molar-refractivity contribution in [2.75, 3.05) is 0 Å². The lowest BCUT2D eigenvalue weighted by Gasteiger charge is -1.98. The van der Waals surface area contributed by atoms with Gasteiger partial charge in [0.15, 0.2) is 5.78 Å². The molecule has 3 atom stereocenters. The number of Topliss-reactive ketones (excluding diaryl/α,β-unsaturated/α-hetero) is 2. The Bertz CT molecular complexity index is 394. The lowest BCUT2D eigenvalue weighted by atomic mass is 10.1. The van der Waals surface area contributed by atoms with Crippen molar-refractivity contribution in [2.45, 2.75) is 13.8 Å². The molecule has 3 unspecified atom stereocenters. The molecule has 78 valence electrons. The number of hydrogen-bond acceptors (Lipinski definition) is 2. The molecular formula is C13H14O2. The van der Waals surface area contributed by atoms with E-state index in [1.54, 1.807) is 6.92 Å². The first-order chi connectivity index (χ1) is 7.13. The Morgan fingerprint density at radius 3 is 2.13 bits per heavy atom. The molecule has 1 aromatic carbocycles. The van der Waals surface area contributed by atoms with Gasteiger partial charge < -0.3 is 0 Å². The maximum Gasteiger partial charge on any atom is 0.166 e. The van der Waals surface area contributed by atoms with E-state index >= 15 is 0 Å². The average Bonchev–Trinajstić information content (AvgIpc) is 2.90. The molecule has 0 radical (unpaired) electrons. The Hall–Kier alpha value is -1.44. The number of hydrogen-bond donors (Lipinski definition) is 0. The van der Waals surface area contributed by atoms with Crippen LogP contribution in [0.15, 0.2) is 30.3 Å². The fourth-order valence-corrected chi connectivity index (χ4v) is 2.28. The molecule has 1 aliphatic rings. The van der Waals surface area contributed by atoms with Gasteiger partial charge in [-0.2, -0.15) is 0 Å². The third-order valence-corrected chi connectivity index (χ3v) is 3.21. The molecule has 0 amide bonds. The second-order valence-corrected chi connectivity index (χ2v) is 4.25. The number of rotatable bonds is 3. The summed E-state index contributed by atoms with van der Waals surface area (Å²) in [7, 11) is 0. The summed E-state index contributed by atoms with van der Waals surface area (Å²) in [6.07, 6.45) is 0. The van der Waals surface area contributed by atoms with Crippen LogP contribution >= 0.6 is 0 Å². The molecule has 1 aliphatic carbocycles. The highest BCUT2D eigenvalue weighted by Crippen LogP contribution is 2.48. The van der Waals surface area contributed by atoms with E-state index in [2.05, 4.69) is 0 Å². The van der Waals surface area contributed by atoms with Gasteiger partial charge in [0.1, 0.15) is 5.78 Å². The highest BCUT2D eigenvalue weighted by molar-refractivity contribution is 6.04. The summed E-state index contributed by atoms with van der Waals surface area (Å²) in [6.45, 7) is 3.54. The first kappa shape index (κ1) is 10.1. The van der Waals surface area contributed by atoms with Crippen LogP contribution in [0.3, 0.4) is 0 Å². The minimum absolute atomic E-state index is 0.0438. The van der Waals surface area contributed by atoms with Gasteiger partial charge in [-0.15, -0.1) is 0 Å². The molecule has 0 aliphatic heterocycles. The van der Waals surface area contributed by atoms with E-state index in [0.717, 1.165) is 5.56 Å². The second kappa shape index (κ2) is 3.61. The summed E-state index contributed by atoms with van der Waals surface area (Å²) in [5.74, 6) is 0.345. The maximum absolute atomic E-state index is 12.0. The van der Waals surface area contributed by atoms with E-state index < -0.39 is 0 Å². The van der Waals surface area contributed by atoms with Crippen molar-refractivity contribution in [2.24, 2.45) is 17.8 Å². The van der Waals surface area contributed by atoms with Gasteiger partial charge in [0, 0.05) is 17.4 Å². The van der Waals surface area contributed by atoms with E-state index in [4.69, 9.17) is 0 Å². The highest BCUT2D eigenvalue weighted by atomic mass is 16.1. The average molecular weight is 202 g/mol. The summed E-state index contributed by atoms with van der Waals surface area (Å²) in [5, 5.41) is 0. The molecule has 0 heterocycles. The monoisotopic (exact) mass is 202 g/mol. The predicted molar refractivity (Wildman–Crippen MR) is 57.6 cm³/mol. The molecule has 1 saturated carbocycles. The quantitative estimate of drug-likeness (QED) is 0.705. The SMILES string of the molecule is CC(=O)C1C(C)C1C(=O)c1ccccc1. The van der Waals surface area contributed by atoms with Crippen LogP contribution in [-0.4, -0.2) is 11.6 Å². The van der Waals surface area contributed by atoms with Gasteiger partial charge >= 0.3 is 0 Å². The molecule has 2 rings (SSSR count). The first-order valence-electron chi connectivity index (χ1n) is 5.22. The van der Waals surface area contributed by atoms with Crippen LogP contribution in [0.1, 0.15) is 24.2 Å². The Morgan fingerprint density at radius 1 is 1.07 bits per heavy atom. The first-order valence-corrected chi connectivity index (χ1v) is 5.22. The Kier molecular flexibility index (Phi) is 2.43. The molecule has 0 N–H and O–H groups in total. The van der Waals surface area contributed by atoms with Crippen LogP contribution in [0.4, 0.5) is 0 Å². The van der Waals surface area contributed by atoms with Crippen molar-refractivity contribution in [3.05, 3.63) is 35.9 Å². The standard InChI is InChI=1S/C13H14O2/c1-8-11(9(2)14)12(8)13(15)10-6-4-3-5-7-10/h3-8,11-12H,1-2H3. The largest absolute Gasteiger partial charge is 0.300 e. The van der Waals surface area contributed by atoms with Crippen molar-refractivity contribution in [3.8, 4) is 0 Å². The minimum Gasteiger partial charge on any atom is -0.300 e. The van der Waals surface area contributed by atoms with Crippen molar-refractivity contribution >= 4 is 11.6 Å². The lowest BCUT2D eigenvalue weighted by molar-refractivity contribution is -0.118. The van der Waals surface area contributed by atoms with Gasteiger partial charge in [-0.05, 0) is 12.8 Å². The molecule has 0 bridgehead atoms. The highest BCUT2D eigenvalue weighted by Gasteiger charge is 2.53. The lowest BCUT2D eigenvalue weighted by Crippen LogP contribution is -2.06. The summed E-state index contributed by atoms with van der Waals surface area (Å²) in [4.78, 5) is 23.2. The van der Waals surface area contributed by atoms with Gasteiger partial charge in [0.25, 0.3) is 0 Å². The molecule has 0 spiro atoms. The summed E-state index contributed by atoms with van der Waals surface area (Å²) in [5.41, 5.74) is 0.720. The van der Waals surface area contributed by atoms with Crippen molar-refractivity contribution in [3.63, 3.8) is 0 Å². The molecule has 15 heavy (non-hydrogen) atoms. The third kappa shape index (κ3) is 1.72. The van der Waals surface area contributed by atoms with E-state index in [0.29, 0.717) is 0 Å². The van der Waals surface area contributed by atoms with E-state index in [9.17, 15) is 9.59 Å². The molecule has 0 saturated heterocycles. The van der Waals surface area contributed by atoms with Crippen LogP contribution < -0.4 is 0 Å². The Labute approximate surface area is 89.3 Å². The number of benzene rings is 1. The number of carbonyl (C=O) groups is 2. The summed E-state index contributed by atoms with van der Waals surface area (Å²) in [6, 6.07) is 9.21. The van der Waals surface area contributed by atoms with Crippen LogP contribution in [0.25, 0.3) is 0 Å². The normalized spacial score (nSPS) is 28.5. The third-order valence-electron chi connectivity index (χ3n) is 3.21. The summed E-state index contributed by atoms with van der Waals surface area (Å²) >= 11 is 0. The number of carbonyl (C=O) groups excluding carboxylic acids is 2. The molecular weight excluding hydrogens is 188 g/mol. The van der Waals surface area contributed by atoms with Crippen LogP contribution in [0.5, 0.6) is 0 Å². The van der Waals surface area contributed by atoms with Gasteiger partial charge in [-0.3, -0.25) is 9.59 Å². The second-order valence-electron chi connectivity index (χ2n) is 4.25. The summed E-state index contributed by atoms with van der Waals surface area (Å²) < 4.78 is 0. The number of ketones is 2. The zero-order valence-corrected chi connectivity index (χ0v) is 8.94. The van der Waals surface area contributed by atoms with Crippen molar-refractivity contribution < 1.29 is 9.59 Å². The van der Waals surface area contributed by atoms with Crippen LogP contribution in [0, 0.1) is 17.8 Å². The van der Waals surface area contributed by atoms with Crippen LogP contribution in [0.2, 0.25) is 0 Å². The smallest absolute Gasteiger partial charge is 0.166 e. The van der Waals surface area contributed by atoms with E-state index in [1.165, 1.54) is 0 Å². The minimum atomic E-state index is -0.0788. The zero-order chi connectivity index (χ0) is 11.0. The van der Waals surface area contributed by atoms with Gasteiger partial charge in [-0.25, -0.2) is 0 Å². The molecule has 0 aromatic heterocycles. The maximum atomic E-state index is 12.0.